The number of methoxy groups -OCH3 is 2. The van der Waals surface area contributed by atoms with Crippen LogP contribution in [0.15, 0.2) is 55.4 Å². The fraction of sp³-hybridized carbons (Fsp3) is 0.150. The van der Waals surface area contributed by atoms with Gasteiger partial charge in [0, 0.05) is 11.8 Å². The zero-order valence-electron chi connectivity index (χ0n) is 15.8. The van der Waals surface area contributed by atoms with Gasteiger partial charge < -0.3 is 14.2 Å². The van der Waals surface area contributed by atoms with E-state index in [1.807, 2.05) is 0 Å². The highest BCUT2D eigenvalue weighted by molar-refractivity contribution is 6.02. The minimum absolute atomic E-state index is 0.108. The van der Waals surface area contributed by atoms with E-state index in [0.29, 0.717) is 39.9 Å². The monoisotopic (exact) mass is 391 g/mol. The Morgan fingerprint density at radius 1 is 1.00 bits per heavy atom. The molecule has 0 fully saturated rings. The SMILES string of the molecule is COc1ccc(CC(=O)c2cc(Oc3cncc(OC)c3)cn3cnnc23)nc1. The number of hydrogen-bond donors (Lipinski definition) is 0. The third-order valence-electron chi connectivity index (χ3n) is 4.20. The van der Waals surface area contributed by atoms with Gasteiger partial charge in [-0.2, -0.15) is 0 Å². The van der Waals surface area contributed by atoms with E-state index in [-0.39, 0.29) is 12.2 Å². The molecule has 4 aromatic rings. The number of aromatic nitrogens is 5. The molecule has 0 aliphatic rings. The number of rotatable bonds is 7. The Morgan fingerprint density at radius 2 is 1.83 bits per heavy atom. The molecule has 0 saturated heterocycles. The van der Waals surface area contributed by atoms with Gasteiger partial charge in [0.25, 0.3) is 0 Å². The normalized spacial score (nSPS) is 10.7. The summed E-state index contributed by atoms with van der Waals surface area (Å²) in [5.41, 5.74) is 1.45. The standard InChI is InChI=1S/C20H17N5O4/c1-27-14-4-3-13(22-10-14)5-19(26)18-7-17(11-25-12-23-24-20(18)25)29-16-6-15(28-2)8-21-9-16/h3-4,6-12H,5H2,1-2H3. The van der Waals surface area contributed by atoms with Crippen LogP contribution in [0.4, 0.5) is 0 Å². The van der Waals surface area contributed by atoms with Crippen molar-refractivity contribution in [1.82, 2.24) is 24.6 Å². The third kappa shape index (κ3) is 3.98. The average Bonchev–Trinajstić information content (AvgIpc) is 3.22. The Hall–Kier alpha value is -4.01. The van der Waals surface area contributed by atoms with Gasteiger partial charge in [0.2, 0.25) is 0 Å². The highest BCUT2D eigenvalue weighted by Crippen LogP contribution is 2.26. The second-order valence-corrected chi connectivity index (χ2v) is 6.10. The van der Waals surface area contributed by atoms with E-state index in [1.54, 1.807) is 67.7 Å². The number of carbonyl (C=O) groups is 1. The Labute approximate surface area is 165 Å². The molecule has 0 radical (unpaired) electrons. The summed E-state index contributed by atoms with van der Waals surface area (Å²) >= 11 is 0. The Bertz CT molecular complexity index is 1160. The number of hydrogen-bond acceptors (Lipinski definition) is 8. The van der Waals surface area contributed by atoms with Gasteiger partial charge in [-0.25, -0.2) is 0 Å². The lowest BCUT2D eigenvalue weighted by molar-refractivity contribution is 0.0992. The summed E-state index contributed by atoms with van der Waals surface area (Å²) < 4.78 is 17.8. The molecule has 0 atom stereocenters. The lowest BCUT2D eigenvalue weighted by atomic mass is 10.1. The summed E-state index contributed by atoms with van der Waals surface area (Å²) in [6, 6.07) is 6.85. The molecule has 146 valence electrons. The van der Waals surface area contributed by atoms with Gasteiger partial charge in [0.1, 0.15) is 29.3 Å². The number of pyridine rings is 3. The Kier molecular flexibility index (Phi) is 5.02. The summed E-state index contributed by atoms with van der Waals surface area (Å²) in [5, 5.41) is 7.94. The third-order valence-corrected chi connectivity index (χ3v) is 4.20. The van der Waals surface area contributed by atoms with Crippen molar-refractivity contribution in [3.05, 3.63) is 66.6 Å². The molecule has 0 aliphatic carbocycles. The smallest absolute Gasteiger partial charge is 0.172 e. The molecule has 0 unspecified atom stereocenters. The van der Waals surface area contributed by atoms with Crippen molar-refractivity contribution in [3.8, 4) is 23.0 Å². The average molecular weight is 391 g/mol. The van der Waals surface area contributed by atoms with Crippen LogP contribution in [0.25, 0.3) is 5.65 Å². The van der Waals surface area contributed by atoms with Crippen molar-refractivity contribution in [3.63, 3.8) is 0 Å². The predicted octanol–water partition coefficient (Wildman–Crippen LogP) is 2.75. The number of ether oxygens (including phenoxy) is 3. The van der Waals surface area contributed by atoms with E-state index < -0.39 is 0 Å². The molecule has 9 nitrogen and oxygen atoms in total. The summed E-state index contributed by atoms with van der Waals surface area (Å²) in [6.45, 7) is 0. The van der Waals surface area contributed by atoms with E-state index in [1.165, 1.54) is 6.33 Å². The first-order chi connectivity index (χ1) is 14.2. The van der Waals surface area contributed by atoms with E-state index in [0.717, 1.165) is 0 Å². The fourth-order valence-corrected chi connectivity index (χ4v) is 2.77. The van der Waals surface area contributed by atoms with Gasteiger partial charge in [-0.05, 0) is 18.2 Å². The fourth-order valence-electron chi connectivity index (χ4n) is 2.77. The van der Waals surface area contributed by atoms with Crippen molar-refractivity contribution in [1.29, 1.82) is 0 Å². The van der Waals surface area contributed by atoms with Crippen LogP contribution >= 0.6 is 0 Å². The van der Waals surface area contributed by atoms with Gasteiger partial charge in [-0.3, -0.25) is 19.2 Å². The summed E-state index contributed by atoms with van der Waals surface area (Å²) in [7, 11) is 3.11. The van der Waals surface area contributed by atoms with Crippen LogP contribution in [0.2, 0.25) is 0 Å². The maximum atomic E-state index is 12.9. The van der Waals surface area contributed by atoms with Crippen molar-refractivity contribution in [2.24, 2.45) is 0 Å². The van der Waals surface area contributed by atoms with Crippen molar-refractivity contribution in [2.45, 2.75) is 6.42 Å². The first-order valence-corrected chi connectivity index (χ1v) is 8.68. The summed E-state index contributed by atoms with van der Waals surface area (Å²) in [4.78, 5) is 21.3. The molecule has 0 amide bonds. The molecular formula is C20H17N5O4. The molecule has 0 aliphatic heterocycles. The van der Waals surface area contributed by atoms with Gasteiger partial charge in [-0.1, -0.05) is 0 Å². The Morgan fingerprint density at radius 3 is 2.59 bits per heavy atom. The van der Waals surface area contributed by atoms with Crippen molar-refractivity contribution >= 4 is 11.4 Å². The van der Waals surface area contributed by atoms with Gasteiger partial charge >= 0.3 is 0 Å². The van der Waals surface area contributed by atoms with Gasteiger partial charge in [0.05, 0.1) is 51.0 Å². The molecule has 29 heavy (non-hydrogen) atoms. The van der Waals surface area contributed by atoms with E-state index in [4.69, 9.17) is 14.2 Å². The molecule has 4 aromatic heterocycles. The van der Waals surface area contributed by atoms with Crippen molar-refractivity contribution in [2.75, 3.05) is 14.2 Å². The highest BCUT2D eigenvalue weighted by Gasteiger charge is 2.16. The summed E-state index contributed by atoms with van der Waals surface area (Å²) in [6.07, 6.45) is 8.02. The van der Waals surface area contributed by atoms with Crippen LogP contribution in [0.3, 0.4) is 0 Å². The lowest BCUT2D eigenvalue weighted by Crippen LogP contribution is -2.08. The molecule has 0 bridgehead atoms. The molecule has 0 saturated carbocycles. The van der Waals surface area contributed by atoms with Crippen LogP contribution in [-0.2, 0) is 6.42 Å². The number of ketones is 1. The van der Waals surface area contributed by atoms with Crippen LogP contribution in [0.5, 0.6) is 23.0 Å². The van der Waals surface area contributed by atoms with Crippen LogP contribution in [0, 0.1) is 0 Å². The molecule has 4 heterocycles. The lowest BCUT2D eigenvalue weighted by Gasteiger charge is -2.10. The minimum Gasteiger partial charge on any atom is -0.495 e. The quantitative estimate of drug-likeness (QED) is 0.443. The van der Waals surface area contributed by atoms with Crippen LogP contribution < -0.4 is 14.2 Å². The van der Waals surface area contributed by atoms with Gasteiger partial charge in [-0.15, -0.1) is 10.2 Å². The zero-order chi connectivity index (χ0) is 20.2. The maximum absolute atomic E-state index is 12.9. The number of fused-ring (bicyclic) bond motifs is 1. The molecule has 0 spiro atoms. The van der Waals surface area contributed by atoms with E-state index in [2.05, 4.69) is 20.2 Å². The molecular weight excluding hydrogens is 374 g/mol. The topological polar surface area (TPSA) is 101 Å². The second kappa shape index (κ2) is 7.93. The van der Waals surface area contributed by atoms with E-state index >= 15 is 0 Å². The highest BCUT2D eigenvalue weighted by atomic mass is 16.5. The first kappa shape index (κ1) is 18.4. The zero-order valence-corrected chi connectivity index (χ0v) is 15.8. The van der Waals surface area contributed by atoms with Crippen LogP contribution in [0.1, 0.15) is 16.1 Å². The largest absolute Gasteiger partial charge is 0.495 e. The first-order valence-electron chi connectivity index (χ1n) is 8.68. The second-order valence-electron chi connectivity index (χ2n) is 6.10. The van der Waals surface area contributed by atoms with Crippen molar-refractivity contribution < 1.29 is 19.0 Å². The molecule has 9 heteroatoms. The van der Waals surface area contributed by atoms with Gasteiger partial charge in [0.15, 0.2) is 11.4 Å². The maximum Gasteiger partial charge on any atom is 0.172 e. The summed E-state index contributed by atoms with van der Waals surface area (Å²) in [5.74, 6) is 1.96. The Balaban J connectivity index is 1.64. The minimum atomic E-state index is -0.158. The molecule has 0 aromatic carbocycles. The number of nitrogens with zero attached hydrogens (tertiary/aromatic N) is 5. The number of carbonyl (C=O) groups excluding carboxylic acids is 1. The number of Topliss-reactive ketones (excluding diaryl/α,β-unsaturated/α-hetero) is 1. The molecule has 4 rings (SSSR count). The molecule has 0 N–H and O–H groups in total. The van der Waals surface area contributed by atoms with E-state index in [9.17, 15) is 4.79 Å². The predicted molar refractivity (Wildman–Crippen MR) is 103 cm³/mol. The van der Waals surface area contributed by atoms with Crippen LogP contribution in [-0.4, -0.2) is 44.6 Å².